The number of hydrogen-bond donors (Lipinski definition) is 3. The predicted octanol–water partition coefficient (Wildman–Crippen LogP) is 2.45. The molecule has 0 radical (unpaired) electrons. The quantitative estimate of drug-likeness (QED) is 0.609. The zero-order valence-corrected chi connectivity index (χ0v) is 15.5. The standard InChI is InChI=1S/C19H21N7O2/c1-13(2)17(23-19(28)22-14-6-4-3-5-7-14)18(27)21-15-8-10-16(11-9-15)26-12-20-24-25-26/h3-13,17H,1-2H3,(H,21,27)(H2,22,23,28). The van der Waals surface area contributed by atoms with E-state index in [1.807, 2.05) is 32.0 Å². The number of nitrogens with one attached hydrogen (secondary N) is 3. The first kappa shape index (κ1) is 19.0. The number of carbonyl (C=O) groups excluding carboxylic acids is 2. The van der Waals surface area contributed by atoms with E-state index in [9.17, 15) is 9.59 Å². The third-order valence-electron chi connectivity index (χ3n) is 4.02. The second kappa shape index (κ2) is 8.76. The first-order chi connectivity index (χ1) is 13.5. The fraction of sp³-hybridized carbons (Fsp3) is 0.211. The Bertz CT molecular complexity index is 909. The van der Waals surface area contributed by atoms with Gasteiger partial charge < -0.3 is 16.0 Å². The number of urea groups is 1. The molecule has 1 atom stereocenters. The van der Waals surface area contributed by atoms with Crippen molar-refractivity contribution in [2.45, 2.75) is 19.9 Å². The maximum atomic E-state index is 12.7. The fourth-order valence-corrected chi connectivity index (χ4v) is 2.56. The molecule has 0 aliphatic rings. The molecule has 0 fully saturated rings. The van der Waals surface area contributed by atoms with Crippen LogP contribution in [-0.2, 0) is 4.79 Å². The van der Waals surface area contributed by atoms with Gasteiger partial charge in [-0.2, -0.15) is 0 Å². The second-order valence-electron chi connectivity index (χ2n) is 6.48. The summed E-state index contributed by atoms with van der Waals surface area (Å²) >= 11 is 0. The average Bonchev–Trinajstić information content (AvgIpc) is 3.22. The summed E-state index contributed by atoms with van der Waals surface area (Å²) in [6.07, 6.45) is 1.48. The van der Waals surface area contributed by atoms with Gasteiger partial charge in [0.2, 0.25) is 5.91 Å². The Hall–Kier alpha value is -3.75. The number of tetrazole rings is 1. The molecule has 1 aromatic heterocycles. The highest BCUT2D eigenvalue weighted by molar-refractivity contribution is 5.99. The van der Waals surface area contributed by atoms with E-state index in [0.717, 1.165) is 5.69 Å². The highest BCUT2D eigenvalue weighted by Gasteiger charge is 2.24. The van der Waals surface area contributed by atoms with Crippen LogP contribution >= 0.6 is 0 Å². The number of benzene rings is 2. The highest BCUT2D eigenvalue weighted by Crippen LogP contribution is 2.14. The molecule has 9 heteroatoms. The molecule has 0 aliphatic carbocycles. The van der Waals surface area contributed by atoms with Crippen LogP contribution in [0.5, 0.6) is 0 Å². The number of rotatable bonds is 6. The Kier molecular flexibility index (Phi) is 5.95. The third-order valence-corrected chi connectivity index (χ3v) is 4.02. The zero-order chi connectivity index (χ0) is 19.9. The molecular weight excluding hydrogens is 358 g/mol. The van der Waals surface area contributed by atoms with Gasteiger partial charge in [0.1, 0.15) is 12.4 Å². The van der Waals surface area contributed by atoms with Crippen molar-refractivity contribution in [3.63, 3.8) is 0 Å². The Morgan fingerprint density at radius 1 is 0.929 bits per heavy atom. The predicted molar refractivity (Wildman–Crippen MR) is 105 cm³/mol. The molecule has 0 bridgehead atoms. The first-order valence-electron chi connectivity index (χ1n) is 8.80. The molecule has 3 N–H and O–H groups in total. The van der Waals surface area contributed by atoms with Gasteiger partial charge in [-0.05, 0) is 52.7 Å². The molecule has 0 spiro atoms. The molecule has 1 heterocycles. The van der Waals surface area contributed by atoms with Crippen LogP contribution in [0.2, 0.25) is 0 Å². The second-order valence-corrected chi connectivity index (χ2v) is 6.48. The van der Waals surface area contributed by atoms with Gasteiger partial charge in [-0.15, -0.1) is 5.10 Å². The van der Waals surface area contributed by atoms with Crippen molar-refractivity contribution >= 4 is 23.3 Å². The monoisotopic (exact) mass is 379 g/mol. The van der Waals surface area contributed by atoms with Gasteiger partial charge in [0.15, 0.2) is 0 Å². The molecule has 28 heavy (non-hydrogen) atoms. The van der Waals surface area contributed by atoms with Crippen LogP contribution in [0.4, 0.5) is 16.2 Å². The minimum absolute atomic E-state index is 0.0954. The summed E-state index contributed by atoms with van der Waals surface area (Å²) in [5, 5.41) is 19.2. The lowest BCUT2D eigenvalue weighted by atomic mass is 10.0. The van der Waals surface area contributed by atoms with Crippen LogP contribution in [0.15, 0.2) is 60.9 Å². The summed E-state index contributed by atoms with van der Waals surface area (Å²) in [4.78, 5) is 24.9. The number of nitrogens with zero attached hydrogens (tertiary/aromatic N) is 4. The Balaban J connectivity index is 1.62. The highest BCUT2D eigenvalue weighted by atomic mass is 16.2. The number of anilines is 2. The maximum Gasteiger partial charge on any atom is 0.319 e. The Morgan fingerprint density at radius 3 is 2.21 bits per heavy atom. The molecule has 2 aromatic carbocycles. The lowest BCUT2D eigenvalue weighted by Gasteiger charge is -2.22. The Labute approximate surface area is 162 Å². The fourth-order valence-electron chi connectivity index (χ4n) is 2.56. The van der Waals surface area contributed by atoms with E-state index >= 15 is 0 Å². The minimum atomic E-state index is -0.692. The van der Waals surface area contributed by atoms with Gasteiger partial charge in [0, 0.05) is 11.4 Å². The van der Waals surface area contributed by atoms with E-state index in [0.29, 0.717) is 11.4 Å². The zero-order valence-electron chi connectivity index (χ0n) is 15.5. The largest absolute Gasteiger partial charge is 0.326 e. The van der Waals surface area contributed by atoms with Crippen molar-refractivity contribution in [3.8, 4) is 5.69 Å². The molecule has 0 aliphatic heterocycles. The summed E-state index contributed by atoms with van der Waals surface area (Å²) in [5.74, 6) is -0.393. The van der Waals surface area contributed by atoms with Crippen LogP contribution in [0, 0.1) is 5.92 Å². The number of hydrogen-bond acceptors (Lipinski definition) is 5. The van der Waals surface area contributed by atoms with Gasteiger partial charge in [-0.3, -0.25) is 4.79 Å². The molecule has 3 amide bonds. The molecule has 0 saturated carbocycles. The lowest BCUT2D eigenvalue weighted by Crippen LogP contribution is -2.48. The van der Waals surface area contributed by atoms with Crippen molar-refractivity contribution < 1.29 is 9.59 Å². The normalized spacial score (nSPS) is 11.7. The van der Waals surface area contributed by atoms with E-state index in [2.05, 4.69) is 31.5 Å². The summed E-state index contributed by atoms with van der Waals surface area (Å²) in [6.45, 7) is 3.74. The summed E-state index contributed by atoms with van der Waals surface area (Å²) in [6, 6.07) is 15.0. The van der Waals surface area contributed by atoms with Crippen molar-refractivity contribution in [1.29, 1.82) is 0 Å². The van der Waals surface area contributed by atoms with Crippen LogP contribution in [0.3, 0.4) is 0 Å². The average molecular weight is 379 g/mol. The first-order valence-corrected chi connectivity index (χ1v) is 8.80. The number of carbonyl (C=O) groups is 2. The smallest absolute Gasteiger partial charge is 0.319 e. The summed E-state index contributed by atoms with van der Waals surface area (Å²) in [7, 11) is 0. The molecule has 0 saturated heterocycles. The van der Waals surface area contributed by atoms with Crippen LogP contribution in [-0.4, -0.2) is 38.2 Å². The third kappa shape index (κ3) is 4.91. The molecular formula is C19H21N7O2. The SMILES string of the molecule is CC(C)C(NC(=O)Nc1ccccc1)C(=O)Nc1ccc(-n2cnnn2)cc1. The van der Waals surface area contributed by atoms with Gasteiger partial charge in [-0.1, -0.05) is 32.0 Å². The number of para-hydroxylation sites is 1. The number of amides is 3. The van der Waals surface area contributed by atoms with Crippen LogP contribution in [0.25, 0.3) is 5.69 Å². The van der Waals surface area contributed by atoms with Gasteiger partial charge >= 0.3 is 6.03 Å². The topological polar surface area (TPSA) is 114 Å². The molecule has 3 rings (SSSR count). The van der Waals surface area contributed by atoms with E-state index in [4.69, 9.17) is 0 Å². The number of aromatic nitrogens is 4. The maximum absolute atomic E-state index is 12.7. The molecule has 9 nitrogen and oxygen atoms in total. The molecule has 144 valence electrons. The van der Waals surface area contributed by atoms with Gasteiger partial charge in [0.05, 0.1) is 5.69 Å². The molecule has 1 unspecified atom stereocenters. The van der Waals surface area contributed by atoms with Crippen molar-refractivity contribution in [3.05, 3.63) is 60.9 Å². The minimum Gasteiger partial charge on any atom is -0.326 e. The van der Waals surface area contributed by atoms with E-state index < -0.39 is 12.1 Å². The van der Waals surface area contributed by atoms with Gasteiger partial charge in [-0.25, -0.2) is 9.48 Å². The van der Waals surface area contributed by atoms with Crippen molar-refractivity contribution in [1.82, 2.24) is 25.5 Å². The van der Waals surface area contributed by atoms with E-state index in [1.165, 1.54) is 11.0 Å². The Morgan fingerprint density at radius 2 is 1.61 bits per heavy atom. The summed E-state index contributed by atoms with van der Waals surface area (Å²) in [5.41, 5.74) is 2.03. The van der Waals surface area contributed by atoms with Crippen LogP contribution in [0.1, 0.15) is 13.8 Å². The summed E-state index contributed by atoms with van der Waals surface area (Å²) < 4.78 is 1.51. The van der Waals surface area contributed by atoms with Crippen LogP contribution < -0.4 is 16.0 Å². The van der Waals surface area contributed by atoms with Gasteiger partial charge in [0.25, 0.3) is 0 Å². The van der Waals surface area contributed by atoms with Crippen molar-refractivity contribution in [2.24, 2.45) is 5.92 Å². The van der Waals surface area contributed by atoms with Crippen molar-refractivity contribution in [2.75, 3.05) is 10.6 Å². The van der Waals surface area contributed by atoms with E-state index in [1.54, 1.807) is 36.4 Å². The lowest BCUT2D eigenvalue weighted by molar-refractivity contribution is -0.118. The van der Waals surface area contributed by atoms with E-state index in [-0.39, 0.29) is 11.8 Å². The molecule has 3 aromatic rings.